The minimum atomic E-state index is -0.183. The van der Waals surface area contributed by atoms with Crippen LogP contribution >= 0.6 is 0 Å². The van der Waals surface area contributed by atoms with Crippen molar-refractivity contribution in [1.29, 1.82) is 0 Å². The molecule has 0 radical (unpaired) electrons. The maximum absolute atomic E-state index is 12.2. The highest BCUT2D eigenvalue weighted by Gasteiger charge is 2.64. The van der Waals surface area contributed by atoms with Gasteiger partial charge in [-0.1, -0.05) is 20.8 Å². The lowest BCUT2D eigenvalue weighted by molar-refractivity contribution is -0.193. The van der Waals surface area contributed by atoms with E-state index in [4.69, 9.17) is 9.47 Å². The third kappa shape index (κ3) is 3.81. The van der Waals surface area contributed by atoms with Gasteiger partial charge in [-0.05, 0) is 85.9 Å². The number of ether oxygens (including phenoxy) is 2. The van der Waals surface area contributed by atoms with Gasteiger partial charge >= 0.3 is 11.9 Å². The lowest BCUT2D eigenvalue weighted by Crippen LogP contribution is -2.59. The maximum atomic E-state index is 12.2. The number of Topliss-reactive ketones (excluding diaryl/α,β-unsaturated/α-hetero) is 1. The van der Waals surface area contributed by atoms with Crippen molar-refractivity contribution in [3.63, 3.8) is 0 Å². The van der Waals surface area contributed by atoms with Gasteiger partial charge in [0.25, 0.3) is 0 Å². The summed E-state index contributed by atoms with van der Waals surface area (Å²) < 4.78 is 11.0. The minimum absolute atomic E-state index is 0.0456. The lowest BCUT2D eigenvalue weighted by Gasteiger charge is -2.62. The topological polar surface area (TPSA) is 69.7 Å². The van der Waals surface area contributed by atoms with Gasteiger partial charge in [0.15, 0.2) is 0 Å². The van der Waals surface area contributed by atoms with Crippen LogP contribution in [0.2, 0.25) is 0 Å². The fourth-order valence-electron chi connectivity index (χ4n) is 8.97. The summed E-state index contributed by atoms with van der Waals surface area (Å²) in [5, 5.41) is 0. The molecule has 4 fully saturated rings. The van der Waals surface area contributed by atoms with E-state index in [1.807, 2.05) is 0 Å². The fourth-order valence-corrected chi connectivity index (χ4v) is 8.97. The first-order valence-corrected chi connectivity index (χ1v) is 12.9. The van der Waals surface area contributed by atoms with Crippen molar-refractivity contribution in [2.45, 2.75) is 98.0 Å². The third-order valence-corrected chi connectivity index (χ3v) is 10.7. The summed E-state index contributed by atoms with van der Waals surface area (Å²) in [5.74, 6) is 3.16. The summed E-state index contributed by atoms with van der Waals surface area (Å²) in [7, 11) is 1.45. The van der Waals surface area contributed by atoms with E-state index in [0.717, 1.165) is 38.5 Å². The third-order valence-electron chi connectivity index (χ3n) is 10.7. The molecule has 5 nitrogen and oxygen atoms in total. The molecule has 9 atom stereocenters. The predicted molar refractivity (Wildman–Crippen MR) is 122 cm³/mol. The van der Waals surface area contributed by atoms with Gasteiger partial charge in [-0.25, -0.2) is 0 Å². The molecule has 5 heteroatoms. The molecule has 0 aromatic rings. The Morgan fingerprint density at radius 2 is 1.88 bits per heavy atom. The van der Waals surface area contributed by atoms with E-state index in [9.17, 15) is 14.4 Å². The van der Waals surface area contributed by atoms with Crippen molar-refractivity contribution in [1.82, 2.24) is 0 Å². The summed E-state index contributed by atoms with van der Waals surface area (Å²) in [6, 6.07) is 0. The van der Waals surface area contributed by atoms with Crippen molar-refractivity contribution in [3.8, 4) is 0 Å². The Hall–Kier alpha value is -1.39. The Morgan fingerprint density at radius 1 is 1.12 bits per heavy atom. The number of hydrogen-bond donors (Lipinski definition) is 0. The molecule has 4 rings (SSSR count). The number of hydrogen-bond acceptors (Lipinski definition) is 5. The lowest BCUT2D eigenvalue weighted by atomic mass is 9.43. The molecule has 0 spiro atoms. The minimum Gasteiger partial charge on any atom is -0.469 e. The molecule has 0 heterocycles. The summed E-state index contributed by atoms with van der Waals surface area (Å²) >= 11 is 0. The van der Waals surface area contributed by atoms with Crippen molar-refractivity contribution in [2.24, 2.45) is 46.3 Å². The molecule has 32 heavy (non-hydrogen) atoms. The highest BCUT2D eigenvalue weighted by molar-refractivity contribution is 5.79. The second-order valence-corrected chi connectivity index (χ2v) is 11.9. The van der Waals surface area contributed by atoms with E-state index in [1.54, 1.807) is 6.92 Å². The highest BCUT2D eigenvalue weighted by Crippen LogP contribution is 2.68. The number of rotatable bonds is 5. The Labute approximate surface area is 193 Å². The normalized spacial score (nSPS) is 44.1. The predicted octanol–water partition coefficient (Wildman–Crippen LogP) is 5.35. The molecule has 0 amide bonds. The van der Waals surface area contributed by atoms with Crippen LogP contribution in [-0.4, -0.2) is 30.9 Å². The van der Waals surface area contributed by atoms with Crippen molar-refractivity contribution < 1.29 is 23.9 Å². The van der Waals surface area contributed by atoms with Crippen LogP contribution in [0.5, 0.6) is 0 Å². The molecule has 4 aliphatic carbocycles. The molecule has 0 aromatic carbocycles. The summed E-state index contributed by atoms with van der Waals surface area (Å²) in [5.41, 5.74) is 0.140. The van der Waals surface area contributed by atoms with Crippen LogP contribution in [0.15, 0.2) is 0 Å². The van der Waals surface area contributed by atoms with Crippen LogP contribution in [0.1, 0.15) is 91.9 Å². The number of esters is 2. The molecule has 0 bridgehead atoms. The second kappa shape index (κ2) is 8.76. The molecule has 4 saturated carbocycles. The Morgan fingerprint density at radius 3 is 2.56 bits per heavy atom. The van der Waals surface area contributed by atoms with Gasteiger partial charge in [-0.3, -0.25) is 14.4 Å². The largest absolute Gasteiger partial charge is 0.469 e. The zero-order valence-electron chi connectivity index (χ0n) is 20.7. The first kappa shape index (κ1) is 23.8. The summed E-state index contributed by atoms with van der Waals surface area (Å²) in [6.45, 7) is 8.62. The van der Waals surface area contributed by atoms with E-state index in [-0.39, 0.29) is 28.9 Å². The molecule has 0 aliphatic heterocycles. The van der Waals surface area contributed by atoms with Crippen LogP contribution < -0.4 is 0 Å². The second-order valence-electron chi connectivity index (χ2n) is 11.9. The SMILES string of the molecule is COC(=O)CC[C@@H](C)[C@H]1CC[C@H]2[C@@H]3CCC4CC(=O)CC[C@]4(C)[C@H]3CC(OC(C)=O)[C@]12C. The Kier molecular flexibility index (Phi) is 6.50. The Balaban J connectivity index is 1.62. The van der Waals surface area contributed by atoms with Gasteiger partial charge in [0.05, 0.1) is 7.11 Å². The summed E-state index contributed by atoms with van der Waals surface area (Å²) in [4.78, 5) is 36.2. The zero-order valence-corrected chi connectivity index (χ0v) is 20.7. The maximum Gasteiger partial charge on any atom is 0.305 e. The van der Waals surface area contributed by atoms with Gasteiger partial charge in [0, 0.05) is 31.6 Å². The quantitative estimate of drug-likeness (QED) is 0.533. The first-order chi connectivity index (χ1) is 15.1. The number of methoxy groups -OCH3 is 1. The van der Waals surface area contributed by atoms with Crippen molar-refractivity contribution >= 4 is 17.7 Å². The van der Waals surface area contributed by atoms with Crippen molar-refractivity contribution in [3.05, 3.63) is 0 Å². The smallest absolute Gasteiger partial charge is 0.305 e. The number of ketones is 1. The van der Waals surface area contributed by atoms with Crippen LogP contribution in [0.4, 0.5) is 0 Å². The molecule has 0 saturated heterocycles. The van der Waals surface area contributed by atoms with Gasteiger partial charge in [0.2, 0.25) is 0 Å². The average Bonchev–Trinajstić information content (AvgIpc) is 3.11. The molecule has 2 unspecified atom stereocenters. The van der Waals surface area contributed by atoms with Crippen LogP contribution in [0.3, 0.4) is 0 Å². The molecule has 0 aromatic heterocycles. The van der Waals surface area contributed by atoms with Gasteiger partial charge in [0.1, 0.15) is 11.9 Å². The van der Waals surface area contributed by atoms with Crippen LogP contribution in [0.25, 0.3) is 0 Å². The standard InChI is InChI=1S/C27H42O5/c1-16(6-11-25(30)31-5)21-9-10-22-20-8-7-18-14-19(29)12-13-26(18,3)23(20)15-24(27(21,22)4)32-17(2)28/h16,18,20-24H,6-15H2,1-5H3/t16-,18?,20+,21-,22+,23+,24?,26+,27-/m1/s1. The highest BCUT2D eigenvalue weighted by atomic mass is 16.5. The van der Waals surface area contributed by atoms with Gasteiger partial charge in [-0.2, -0.15) is 0 Å². The number of carbonyl (C=O) groups excluding carboxylic acids is 3. The zero-order chi connectivity index (χ0) is 23.3. The van der Waals surface area contributed by atoms with E-state index in [2.05, 4.69) is 20.8 Å². The number of fused-ring (bicyclic) bond motifs is 5. The van der Waals surface area contributed by atoms with E-state index < -0.39 is 0 Å². The van der Waals surface area contributed by atoms with Crippen molar-refractivity contribution in [2.75, 3.05) is 7.11 Å². The van der Waals surface area contributed by atoms with E-state index in [1.165, 1.54) is 20.0 Å². The molecule has 180 valence electrons. The summed E-state index contributed by atoms with van der Waals surface area (Å²) in [6.07, 6.45) is 9.27. The van der Waals surface area contributed by atoms with Crippen LogP contribution in [-0.2, 0) is 23.9 Å². The molecular formula is C27H42O5. The Bertz CT molecular complexity index is 761. The number of carbonyl (C=O) groups is 3. The van der Waals surface area contributed by atoms with Crippen LogP contribution in [0, 0.1) is 46.3 Å². The fraction of sp³-hybridized carbons (Fsp3) is 0.889. The first-order valence-electron chi connectivity index (χ1n) is 12.9. The van der Waals surface area contributed by atoms with Gasteiger partial charge in [-0.15, -0.1) is 0 Å². The molecule has 4 aliphatic rings. The molecular weight excluding hydrogens is 404 g/mol. The van der Waals surface area contributed by atoms with E-state index >= 15 is 0 Å². The average molecular weight is 447 g/mol. The monoisotopic (exact) mass is 446 g/mol. The van der Waals surface area contributed by atoms with Gasteiger partial charge < -0.3 is 9.47 Å². The van der Waals surface area contributed by atoms with E-state index in [0.29, 0.717) is 54.1 Å². The molecule has 0 N–H and O–H groups in total.